The number of aliphatic hydroxyl groups is 5. The number of carbonyl (C=O) groups is 2. The van der Waals surface area contributed by atoms with E-state index in [-0.39, 0.29) is 18.5 Å². The lowest BCUT2D eigenvalue weighted by atomic mass is 9.99. The summed E-state index contributed by atoms with van der Waals surface area (Å²) in [5, 5.41) is 54.2. The minimum absolute atomic E-state index is 0.0101. The van der Waals surface area contributed by atoms with Gasteiger partial charge in [0.05, 0.1) is 32.0 Å². The third-order valence-corrected chi connectivity index (χ3v) is 15.3. The van der Waals surface area contributed by atoms with Gasteiger partial charge >= 0.3 is 5.97 Å². The maximum absolute atomic E-state index is 13.0. The van der Waals surface area contributed by atoms with Crippen molar-refractivity contribution in [3.05, 3.63) is 72.9 Å². The van der Waals surface area contributed by atoms with Gasteiger partial charge in [0.2, 0.25) is 5.91 Å². The first kappa shape index (κ1) is 75.1. The quantitative estimate of drug-likeness (QED) is 0.0195. The van der Waals surface area contributed by atoms with Crippen LogP contribution in [0.15, 0.2) is 72.9 Å². The van der Waals surface area contributed by atoms with Gasteiger partial charge in [-0.05, 0) is 109 Å². The van der Waals surface area contributed by atoms with E-state index in [0.29, 0.717) is 19.4 Å². The first-order chi connectivity index (χ1) is 39.2. The summed E-state index contributed by atoms with van der Waals surface area (Å²) in [5.41, 5.74) is 0. The van der Waals surface area contributed by atoms with Crippen LogP contribution in [-0.4, -0.2) is 100 Å². The van der Waals surface area contributed by atoms with Crippen molar-refractivity contribution in [2.24, 2.45) is 0 Å². The molecule has 1 aliphatic heterocycles. The zero-order chi connectivity index (χ0) is 58.0. The Labute approximate surface area is 490 Å². The number of amides is 1. The average molecular weight is 1130 g/mol. The third kappa shape index (κ3) is 46.6. The van der Waals surface area contributed by atoms with Crippen molar-refractivity contribution in [1.82, 2.24) is 5.32 Å². The number of rotatable bonds is 57. The van der Waals surface area contributed by atoms with E-state index in [1.807, 2.05) is 6.08 Å². The molecule has 1 aliphatic rings. The highest BCUT2D eigenvalue weighted by atomic mass is 16.7. The summed E-state index contributed by atoms with van der Waals surface area (Å²) in [6, 6.07) is -0.832. The Kier molecular flexibility index (Phi) is 54.4. The lowest BCUT2D eigenvalue weighted by Gasteiger charge is -2.40. The standard InChI is InChI=1S/C69H123NO10/c1-3-5-7-9-11-13-14-15-16-17-28-31-34-37-41-45-49-53-57-65(74)78-58-54-50-46-42-38-35-32-29-26-24-22-20-18-19-21-23-25-27-30-33-36-40-44-48-52-56-64(73)70-61(62(72)55-51-47-43-39-12-10-8-6-4-2)60-79-69-68(77)67(76)66(75)63(59-71)80-69/h12-14,16-17,19-22,39,51,55,61-63,66-69,71-72,75-77H,3-11,15,18,23-38,40-50,52-54,56-60H2,1-2H3,(H,70,73)/b14-13-,17-16-,21-19-,22-20-,39-12+,55-51+. The fraction of sp³-hybridized carbons (Fsp3) is 0.797. The second-order valence-corrected chi connectivity index (χ2v) is 22.8. The van der Waals surface area contributed by atoms with Crippen LogP contribution in [-0.2, 0) is 23.8 Å². The van der Waals surface area contributed by atoms with Crippen molar-refractivity contribution in [2.45, 2.75) is 333 Å². The Hall–Kier alpha value is -2.90. The molecule has 1 rings (SSSR count). The minimum Gasteiger partial charge on any atom is -0.466 e. The summed E-state index contributed by atoms with van der Waals surface area (Å²) in [6.45, 7) is 4.25. The van der Waals surface area contributed by atoms with Crippen LogP contribution in [0, 0.1) is 0 Å². The molecular formula is C69H123NO10. The molecule has 0 aromatic carbocycles. The van der Waals surface area contributed by atoms with Crippen molar-refractivity contribution < 1.29 is 49.3 Å². The van der Waals surface area contributed by atoms with Crippen LogP contribution in [0.1, 0.15) is 290 Å². The van der Waals surface area contributed by atoms with Gasteiger partial charge in [-0.3, -0.25) is 9.59 Å². The molecule has 464 valence electrons. The Morgan fingerprint density at radius 2 is 0.850 bits per heavy atom. The number of hydrogen-bond acceptors (Lipinski definition) is 10. The zero-order valence-electron chi connectivity index (χ0n) is 51.3. The molecule has 1 fully saturated rings. The van der Waals surface area contributed by atoms with Crippen LogP contribution >= 0.6 is 0 Å². The summed E-state index contributed by atoms with van der Waals surface area (Å²) in [4.78, 5) is 25.1. The van der Waals surface area contributed by atoms with Crippen molar-refractivity contribution >= 4 is 11.9 Å². The number of carbonyl (C=O) groups excluding carboxylic acids is 2. The lowest BCUT2D eigenvalue weighted by Crippen LogP contribution is -2.60. The van der Waals surface area contributed by atoms with Gasteiger partial charge < -0.3 is 45.1 Å². The number of allylic oxidation sites excluding steroid dienone is 11. The first-order valence-electron chi connectivity index (χ1n) is 33.2. The number of esters is 1. The number of unbranched alkanes of at least 4 members (excludes halogenated alkanes) is 33. The largest absolute Gasteiger partial charge is 0.466 e. The Morgan fingerprint density at radius 1 is 0.463 bits per heavy atom. The van der Waals surface area contributed by atoms with Gasteiger partial charge in [-0.15, -0.1) is 0 Å². The summed E-state index contributed by atoms with van der Waals surface area (Å²) >= 11 is 0. The van der Waals surface area contributed by atoms with Gasteiger partial charge in [-0.1, -0.05) is 241 Å². The van der Waals surface area contributed by atoms with Crippen molar-refractivity contribution in [2.75, 3.05) is 19.8 Å². The molecule has 1 saturated heterocycles. The fourth-order valence-corrected chi connectivity index (χ4v) is 9.98. The second-order valence-electron chi connectivity index (χ2n) is 22.8. The SMILES string of the molecule is CCCCC/C=C/CC/C=C/C(O)C(COC1OC(CO)C(O)C(O)C1O)NC(=O)CCCCCCCCCCC/C=C\C/C=C\CCCCCCCCCCCOC(=O)CCCCCCCCC/C=C\C/C=C\CCCCCC. The van der Waals surface area contributed by atoms with E-state index in [1.165, 1.54) is 173 Å². The van der Waals surface area contributed by atoms with E-state index in [9.17, 15) is 35.1 Å². The predicted octanol–water partition coefficient (Wildman–Crippen LogP) is 16.3. The highest BCUT2D eigenvalue weighted by Gasteiger charge is 2.44. The number of ether oxygens (including phenoxy) is 3. The maximum Gasteiger partial charge on any atom is 0.305 e. The molecule has 7 atom stereocenters. The van der Waals surface area contributed by atoms with Crippen LogP contribution in [0.4, 0.5) is 0 Å². The zero-order valence-corrected chi connectivity index (χ0v) is 51.3. The molecule has 0 spiro atoms. The van der Waals surface area contributed by atoms with E-state index in [1.54, 1.807) is 6.08 Å². The molecule has 0 radical (unpaired) electrons. The summed E-state index contributed by atoms with van der Waals surface area (Å²) in [7, 11) is 0. The number of aliphatic hydroxyl groups excluding tert-OH is 5. The molecule has 1 amide bonds. The molecule has 0 bridgehead atoms. The molecule has 0 aromatic heterocycles. The van der Waals surface area contributed by atoms with Gasteiger partial charge in [0.25, 0.3) is 0 Å². The molecular weight excluding hydrogens is 1000 g/mol. The predicted molar refractivity (Wildman–Crippen MR) is 333 cm³/mol. The highest BCUT2D eigenvalue weighted by molar-refractivity contribution is 5.76. The third-order valence-electron chi connectivity index (χ3n) is 15.3. The Bertz CT molecular complexity index is 1560. The van der Waals surface area contributed by atoms with E-state index >= 15 is 0 Å². The van der Waals surface area contributed by atoms with Crippen molar-refractivity contribution in [3.63, 3.8) is 0 Å². The lowest BCUT2D eigenvalue weighted by molar-refractivity contribution is -0.302. The van der Waals surface area contributed by atoms with E-state index in [4.69, 9.17) is 14.2 Å². The highest BCUT2D eigenvalue weighted by Crippen LogP contribution is 2.23. The topological polar surface area (TPSA) is 175 Å². The van der Waals surface area contributed by atoms with E-state index < -0.39 is 49.5 Å². The van der Waals surface area contributed by atoms with Gasteiger partial charge in [0.1, 0.15) is 24.4 Å². The molecule has 6 N–H and O–H groups in total. The fourth-order valence-electron chi connectivity index (χ4n) is 9.98. The Morgan fingerprint density at radius 3 is 1.34 bits per heavy atom. The van der Waals surface area contributed by atoms with Crippen molar-refractivity contribution in [3.8, 4) is 0 Å². The van der Waals surface area contributed by atoms with Crippen LogP contribution in [0.2, 0.25) is 0 Å². The average Bonchev–Trinajstić information content (AvgIpc) is 3.45. The molecule has 0 saturated carbocycles. The van der Waals surface area contributed by atoms with E-state index in [2.05, 4.69) is 79.9 Å². The molecule has 80 heavy (non-hydrogen) atoms. The molecule has 0 aliphatic carbocycles. The van der Waals surface area contributed by atoms with Crippen LogP contribution in [0.3, 0.4) is 0 Å². The monoisotopic (exact) mass is 1130 g/mol. The summed E-state index contributed by atoms with van der Waals surface area (Å²) in [6.07, 6.45) is 67.5. The Balaban J connectivity index is 1.97. The normalized spacial score (nSPS) is 18.8. The van der Waals surface area contributed by atoms with Gasteiger partial charge in [-0.2, -0.15) is 0 Å². The number of hydrogen-bond donors (Lipinski definition) is 6. The van der Waals surface area contributed by atoms with Gasteiger partial charge in [0, 0.05) is 12.8 Å². The molecule has 11 heteroatoms. The van der Waals surface area contributed by atoms with Crippen LogP contribution < -0.4 is 5.32 Å². The summed E-state index contributed by atoms with van der Waals surface area (Å²) < 4.78 is 16.7. The van der Waals surface area contributed by atoms with Crippen LogP contribution in [0.5, 0.6) is 0 Å². The summed E-state index contributed by atoms with van der Waals surface area (Å²) in [5.74, 6) is -0.212. The first-order valence-corrected chi connectivity index (χ1v) is 33.2. The molecule has 1 heterocycles. The molecule has 11 nitrogen and oxygen atoms in total. The molecule has 7 unspecified atom stereocenters. The second kappa shape index (κ2) is 57.9. The minimum atomic E-state index is -1.58. The van der Waals surface area contributed by atoms with Gasteiger partial charge in [-0.25, -0.2) is 0 Å². The maximum atomic E-state index is 13.0. The molecule has 0 aromatic rings. The van der Waals surface area contributed by atoms with Crippen molar-refractivity contribution in [1.29, 1.82) is 0 Å². The van der Waals surface area contributed by atoms with Crippen LogP contribution in [0.25, 0.3) is 0 Å². The number of nitrogens with one attached hydrogen (secondary N) is 1. The smallest absolute Gasteiger partial charge is 0.305 e. The van der Waals surface area contributed by atoms with Gasteiger partial charge in [0.15, 0.2) is 6.29 Å². The van der Waals surface area contributed by atoms with E-state index in [0.717, 1.165) is 89.9 Å².